The molecule has 2 N–H and O–H groups in total. The van der Waals surface area contributed by atoms with Crippen LogP contribution in [0.15, 0.2) is 18.2 Å². The smallest absolute Gasteiger partial charge is 0.326 e. The lowest BCUT2D eigenvalue weighted by Gasteiger charge is -2.19. The molecule has 1 aromatic carbocycles. The van der Waals surface area contributed by atoms with E-state index in [2.05, 4.69) is 10.6 Å². The third kappa shape index (κ3) is 4.05. The number of amides is 4. The first-order valence-electron chi connectivity index (χ1n) is 8.66. The second kappa shape index (κ2) is 7.56. The van der Waals surface area contributed by atoms with Gasteiger partial charge in [0.2, 0.25) is 0 Å². The molecule has 1 saturated heterocycles. The third-order valence-corrected chi connectivity index (χ3v) is 5.07. The van der Waals surface area contributed by atoms with Crippen LogP contribution >= 0.6 is 11.6 Å². The van der Waals surface area contributed by atoms with E-state index >= 15 is 0 Å². The topological polar surface area (TPSA) is 105 Å². The van der Waals surface area contributed by atoms with Gasteiger partial charge in [0.15, 0.2) is 6.61 Å². The first kappa shape index (κ1) is 19.2. The van der Waals surface area contributed by atoms with Crippen molar-refractivity contribution in [3.8, 4) is 0 Å². The molecule has 1 aliphatic carbocycles. The van der Waals surface area contributed by atoms with Crippen molar-refractivity contribution in [3.63, 3.8) is 0 Å². The average molecular weight is 394 g/mol. The molecule has 144 valence electrons. The maximum Gasteiger partial charge on any atom is 0.326 e. The van der Waals surface area contributed by atoms with Crippen LogP contribution in [0.5, 0.6) is 0 Å². The monoisotopic (exact) mass is 393 g/mol. The van der Waals surface area contributed by atoms with Crippen molar-refractivity contribution in [1.82, 2.24) is 10.2 Å². The number of esters is 1. The molecule has 8 nitrogen and oxygen atoms in total. The lowest BCUT2D eigenvalue weighted by Crippen LogP contribution is -2.44. The number of nitrogens with zero attached hydrogens (tertiary/aromatic N) is 1. The van der Waals surface area contributed by atoms with E-state index in [-0.39, 0.29) is 0 Å². The molecule has 4 amide bonds. The van der Waals surface area contributed by atoms with Crippen molar-refractivity contribution in [2.24, 2.45) is 0 Å². The van der Waals surface area contributed by atoms with Crippen LogP contribution in [-0.4, -0.2) is 47.4 Å². The summed E-state index contributed by atoms with van der Waals surface area (Å²) in [5.74, 6) is -1.81. The predicted molar refractivity (Wildman–Crippen MR) is 97.2 cm³/mol. The summed E-state index contributed by atoms with van der Waals surface area (Å²) in [5, 5.41) is 5.59. The molecule has 9 heteroatoms. The van der Waals surface area contributed by atoms with Crippen molar-refractivity contribution >= 4 is 41.1 Å². The molecule has 0 unspecified atom stereocenters. The number of aryl methyl sites for hydroxylation is 1. The number of imide groups is 1. The summed E-state index contributed by atoms with van der Waals surface area (Å²) >= 11 is 6.03. The molecule has 2 fully saturated rings. The molecule has 27 heavy (non-hydrogen) atoms. The molecule has 0 atom stereocenters. The van der Waals surface area contributed by atoms with Crippen LogP contribution in [-0.2, 0) is 19.1 Å². The highest BCUT2D eigenvalue weighted by Gasteiger charge is 2.52. The highest BCUT2D eigenvalue weighted by atomic mass is 35.5. The lowest BCUT2D eigenvalue weighted by molar-refractivity contribution is -0.150. The summed E-state index contributed by atoms with van der Waals surface area (Å²) < 4.78 is 4.88. The fourth-order valence-electron chi connectivity index (χ4n) is 3.37. The summed E-state index contributed by atoms with van der Waals surface area (Å²) in [5.41, 5.74) is 0.468. The molecule has 0 aromatic heterocycles. The number of benzene rings is 1. The molecule has 2 aliphatic rings. The quantitative estimate of drug-likeness (QED) is 0.588. The molecular weight excluding hydrogens is 374 g/mol. The number of nitrogens with one attached hydrogen (secondary N) is 2. The molecule has 3 rings (SSSR count). The van der Waals surface area contributed by atoms with Gasteiger partial charge in [0.25, 0.3) is 11.8 Å². The van der Waals surface area contributed by atoms with Gasteiger partial charge in [0, 0.05) is 0 Å². The number of anilines is 1. The van der Waals surface area contributed by atoms with Crippen LogP contribution in [0.2, 0.25) is 5.02 Å². The van der Waals surface area contributed by atoms with Gasteiger partial charge in [-0.3, -0.25) is 19.3 Å². The Morgan fingerprint density at radius 1 is 1.30 bits per heavy atom. The van der Waals surface area contributed by atoms with Crippen molar-refractivity contribution in [3.05, 3.63) is 28.8 Å². The van der Waals surface area contributed by atoms with Crippen molar-refractivity contribution in [1.29, 1.82) is 0 Å². The summed E-state index contributed by atoms with van der Waals surface area (Å²) in [4.78, 5) is 49.2. The Bertz CT molecular complexity index is 804. The average Bonchev–Trinajstić information content (AvgIpc) is 3.17. The zero-order chi connectivity index (χ0) is 19.6. The van der Waals surface area contributed by atoms with E-state index in [9.17, 15) is 19.2 Å². The first-order chi connectivity index (χ1) is 12.8. The molecule has 0 bridgehead atoms. The second-order valence-corrected chi connectivity index (χ2v) is 7.21. The standard InChI is InChI=1S/C18H20ClN3O5/c1-11-4-5-13(12(19)8-11)20-14(23)10-27-15(24)9-22-16(25)18(21-17(22)26)6-2-3-7-18/h4-5,8H,2-3,6-7,9-10H2,1H3,(H,20,23)(H,21,26). The highest BCUT2D eigenvalue weighted by Crippen LogP contribution is 2.34. The maximum absolute atomic E-state index is 12.5. The van der Waals surface area contributed by atoms with Gasteiger partial charge in [-0.25, -0.2) is 4.79 Å². The van der Waals surface area contributed by atoms with Crippen LogP contribution in [0.1, 0.15) is 31.2 Å². The van der Waals surface area contributed by atoms with Crippen molar-refractivity contribution in [2.45, 2.75) is 38.1 Å². The van der Waals surface area contributed by atoms with E-state index in [1.54, 1.807) is 18.2 Å². The Hall–Kier alpha value is -2.61. The highest BCUT2D eigenvalue weighted by molar-refractivity contribution is 6.33. The summed E-state index contributed by atoms with van der Waals surface area (Å²) in [6, 6.07) is 4.52. The van der Waals surface area contributed by atoms with Crippen LogP contribution in [0.4, 0.5) is 10.5 Å². The molecule has 1 aliphatic heterocycles. The Balaban J connectivity index is 1.50. The molecular formula is C18H20ClN3O5. The Kier molecular flexibility index (Phi) is 5.36. The Morgan fingerprint density at radius 3 is 2.67 bits per heavy atom. The SMILES string of the molecule is Cc1ccc(NC(=O)COC(=O)CN2C(=O)NC3(CCCC3)C2=O)c(Cl)c1. The molecule has 1 spiro atoms. The Morgan fingerprint density at radius 2 is 2.00 bits per heavy atom. The molecule has 1 aromatic rings. The third-order valence-electron chi connectivity index (χ3n) is 4.75. The number of urea groups is 1. The number of hydrogen-bond donors (Lipinski definition) is 2. The van der Waals surface area contributed by atoms with Gasteiger partial charge < -0.3 is 15.4 Å². The minimum atomic E-state index is -0.878. The maximum atomic E-state index is 12.5. The van der Waals surface area contributed by atoms with Gasteiger partial charge in [-0.05, 0) is 37.5 Å². The van der Waals surface area contributed by atoms with Crippen molar-refractivity contribution in [2.75, 3.05) is 18.5 Å². The van der Waals surface area contributed by atoms with Gasteiger partial charge in [-0.2, -0.15) is 0 Å². The zero-order valence-electron chi connectivity index (χ0n) is 14.8. The van der Waals surface area contributed by atoms with Crippen LogP contribution < -0.4 is 10.6 Å². The number of hydrogen-bond acceptors (Lipinski definition) is 5. The van der Waals surface area contributed by atoms with Crippen LogP contribution in [0.3, 0.4) is 0 Å². The molecule has 1 saturated carbocycles. The van der Waals surface area contributed by atoms with Gasteiger partial charge in [-0.1, -0.05) is 30.5 Å². The van der Waals surface area contributed by atoms with E-state index in [1.165, 1.54) is 0 Å². The number of rotatable bonds is 5. The van der Waals surface area contributed by atoms with Crippen molar-refractivity contribution < 1.29 is 23.9 Å². The number of ether oxygens (including phenoxy) is 1. The van der Waals surface area contributed by atoms with E-state index in [1.807, 2.05) is 6.92 Å². The van der Waals surface area contributed by atoms with Crippen LogP contribution in [0.25, 0.3) is 0 Å². The fourth-order valence-corrected chi connectivity index (χ4v) is 3.65. The summed E-state index contributed by atoms with van der Waals surface area (Å²) in [6.07, 6.45) is 2.85. The fraction of sp³-hybridized carbons (Fsp3) is 0.444. The van der Waals surface area contributed by atoms with Gasteiger partial charge in [0.1, 0.15) is 12.1 Å². The minimum Gasteiger partial charge on any atom is -0.454 e. The van der Waals surface area contributed by atoms with E-state index in [0.717, 1.165) is 23.3 Å². The lowest BCUT2D eigenvalue weighted by atomic mass is 9.98. The van der Waals surface area contributed by atoms with E-state index in [4.69, 9.17) is 16.3 Å². The Labute approximate surface area is 161 Å². The van der Waals surface area contributed by atoms with E-state index in [0.29, 0.717) is 23.6 Å². The van der Waals surface area contributed by atoms with E-state index < -0.39 is 42.5 Å². The normalized spacial score (nSPS) is 17.9. The largest absolute Gasteiger partial charge is 0.454 e. The van der Waals surface area contributed by atoms with Gasteiger partial charge >= 0.3 is 12.0 Å². The number of carbonyl (C=O) groups is 4. The number of halogens is 1. The summed E-state index contributed by atoms with van der Waals surface area (Å²) in [7, 11) is 0. The first-order valence-corrected chi connectivity index (χ1v) is 9.04. The second-order valence-electron chi connectivity index (χ2n) is 6.80. The predicted octanol–water partition coefficient (Wildman–Crippen LogP) is 1.99. The molecule has 0 radical (unpaired) electrons. The van der Waals surface area contributed by atoms with Gasteiger partial charge in [-0.15, -0.1) is 0 Å². The number of carbonyl (C=O) groups excluding carboxylic acids is 4. The molecule has 1 heterocycles. The zero-order valence-corrected chi connectivity index (χ0v) is 15.6. The minimum absolute atomic E-state index is 0.371. The van der Waals surface area contributed by atoms with Crippen LogP contribution in [0, 0.1) is 6.92 Å². The van der Waals surface area contributed by atoms with Gasteiger partial charge in [0.05, 0.1) is 10.7 Å². The summed E-state index contributed by atoms with van der Waals surface area (Å²) in [6.45, 7) is 0.799.